The number of benzene rings is 1. The van der Waals surface area contributed by atoms with E-state index in [1.807, 2.05) is 33.7 Å². The Kier molecular flexibility index (Phi) is 5.23. The van der Waals surface area contributed by atoms with Crippen molar-refractivity contribution in [3.63, 3.8) is 0 Å². The summed E-state index contributed by atoms with van der Waals surface area (Å²) in [7, 11) is 0. The van der Waals surface area contributed by atoms with Crippen LogP contribution < -0.4 is 0 Å². The SMILES string of the molecule is CCc1nc2ccccc2n1CC(=O)N(CC(C)C)C1=NCCS1. The van der Waals surface area contributed by atoms with Crippen molar-refractivity contribution in [1.29, 1.82) is 0 Å². The first-order valence-electron chi connectivity index (χ1n) is 8.52. The number of imidazole rings is 1. The molecule has 0 radical (unpaired) electrons. The number of nitrogens with zero attached hydrogens (tertiary/aromatic N) is 4. The monoisotopic (exact) mass is 344 g/mol. The third kappa shape index (κ3) is 3.48. The van der Waals surface area contributed by atoms with Gasteiger partial charge in [0.05, 0.1) is 17.6 Å². The van der Waals surface area contributed by atoms with E-state index in [1.165, 1.54) is 0 Å². The van der Waals surface area contributed by atoms with Crippen molar-refractivity contribution in [2.24, 2.45) is 10.9 Å². The van der Waals surface area contributed by atoms with Gasteiger partial charge in [0.1, 0.15) is 12.4 Å². The fraction of sp³-hybridized carbons (Fsp3) is 0.500. The van der Waals surface area contributed by atoms with Crippen molar-refractivity contribution in [1.82, 2.24) is 14.5 Å². The highest BCUT2D eigenvalue weighted by atomic mass is 32.2. The number of fused-ring (bicyclic) bond motifs is 1. The quantitative estimate of drug-likeness (QED) is 0.837. The molecule has 0 fully saturated rings. The predicted octanol–water partition coefficient (Wildman–Crippen LogP) is 3.19. The molecule has 0 bridgehead atoms. The average Bonchev–Trinajstić information content (AvgIpc) is 3.20. The van der Waals surface area contributed by atoms with Gasteiger partial charge < -0.3 is 4.57 Å². The van der Waals surface area contributed by atoms with E-state index in [2.05, 4.69) is 30.7 Å². The molecule has 0 aliphatic carbocycles. The second-order valence-electron chi connectivity index (χ2n) is 6.37. The van der Waals surface area contributed by atoms with Crippen LogP contribution in [0.2, 0.25) is 0 Å². The van der Waals surface area contributed by atoms with Crippen LogP contribution in [0.4, 0.5) is 0 Å². The van der Waals surface area contributed by atoms with Crippen molar-refractivity contribution in [2.75, 3.05) is 18.8 Å². The van der Waals surface area contributed by atoms with Crippen molar-refractivity contribution in [2.45, 2.75) is 33.7 Å². The number of rotatable bonds is 5. The Labute approximate surface area is 147 Å². The highest BCUT2D eigenvalue weighted by Crippen LogP contribution is 2.20. The summed E-state index contributed by atoms with van der Waals surface area (Å²) in [4.78, 5) is 24.0. The number of aliphatic imine (C=N–C) groups is 1. The Balaban J connectivity index is 1.89. The van der Waals surface area contributed by atoms with E-state index in [0.717, 1.165) is 40.7 Å². The molecule has 0 saturated heterocycles. The number of aromatic nitrogens is 2. The summed E-state index contributed by atoms with van der Waals surface area (Å²) < 4.78 is 2.05. The van der Waals surface area contributed by atoms with E-state index < -0.39 is 0 Å². The summed E-state index contributed by atoms with van der Waals surface area (Å²) in [5.74, 6) is 2.42. The zero-order valence-corrected chi connectivity index (χ0v) is 15.3. The molecule has 2 aromatic rings. The summed E-state index contributed by atoms with van der Waals surface area (Å²) in [6.45, 7) is 8.16. The molecule has 6 heteroatoms. The van der Waals surface area contributed by atoms with Crippen LogP contribution in [0, 0.1) is 5.92 Å². The Hall–Kier alpha value is -1.82. The lowest BCUT2D eigenvalue weighted by atomic mass is 10.2. The number of carbonyl (C=O) groups excluding carboxylic acids is 1. The third-order valence-electron chi connectivity index (χ3n) is 3.99. The van der Waals surface area contributed by atoms with Gasteiger partial charge in [-0.1, -0.05) is 44.7 Å². The van der Waals surface area contributed by atoms with Crippen LogP contribution in [0.1, 0.15) is 26.6 Å². The highest BCUT2D eigenvalue weighted by molar-refractivity contribution is 8.14. The Bertz CT molecular complexity index is 765. The van der Waals surface area contributed by atoms with E-state index in [4.69, 9.17) is 0 Å². The van der Waals surface area contributed by atoms with Crippen LogP contribution in [0.5, 0.6) is 0 Å². The lowest BCUT2D eigenvalue weighted by molar-refractivity contribution is -0.128. The molecule has 1 aromatic carbocycles. The van der Waals surface area contributed by atoms with E-state index in [0.29, 0.717) is 19.0 Å². The molecule has 128 valence electrons. The molecule has 0 spiro atoms. The molecule has 0 saturated carbocycles. The Morgan fingerprint density at radius 2 is 2.17 bits per heavy atom. The summed E-state index contributed by atoms with van der Waals surface area (Å²) in [6, 6.07) is 8.00. The van der Waals surface area contributed by atoms with Gasteiger partial charge in [0.15, 0.2) is 5.17 Å². The van der Waals surface area contributed by atoms with Crippen LogP contribution in [0.3, 0.4) is 0 Å². The molecule has 1 amide bonds. The number of hydrogen-bond acceptors (Lipinski definition) is 4. The van der Waals surface area contributed by atoms with Gasteiger partial charge >= 0.3 is 0 Å². The van der Waals surface area contributed by atoms with E-state index in [1.54, 1.807) is 11.8 Å². The molecule has 0 atom stereocenters. The molecule has 1 aromatic heterocycles. The first-order valence-corrected chi connectivity index (χ1v) is 9.50. The van der Waals surface area contributed by atoms with E-state index in [9.17, 15) is 4.79 Å². The molecule has 1 aliphatic rings. The van der Waals surface area contributed by atoms with Crippen molar-refractivity contribution in [3.05, 3.63) is 30.1 Å². The predicted molar refractivity (Wildman–Crippen MR) is 100 cm³/mol. The van der Waals surface area contributed by atoms with Gasteiger partial charge in [-0.3, -0.25) is 14.7 Å². The normalized spacial score (nSPS) is 14.4. The third-order valence-corrected chi connectivity index (χ3v) is 4.99. The molecule has 5 nitrogen and oxygen atoms in total. The van der Waals surface area contributed by atoms with Gasteiger partial charge in [-0.15, -0.1) is 0 Å². The standard InChI is InChI=1S/C18H24N4OS/c1-4-16-20-14-7-5-6-8-15(14)21(16)12-17(23)22(11-13(2)3)18-19-9-10-24-18/h5-8,13H,4,9-12H2,1-3H3. The minimum Gasteiger partial charge on any atom is -0.318 e. The van der Waals surface area contributed by atoms with Crippen LogP contribution >= 0.6 is 11.8 Å². The minimum atomic E-state index is 0.0923. The van der Waals surface area contributed by atoms with E-state index >= 15 is 0 Å². The van der Waals surface area contributed by atoms with Gasteiger partial charge in [0.25, 0.3) is 0 Å². The maximum absolute atomic E-state index is 13.0. The Morgan fingerprint density at radius 1 is 1.38 bits per heavy atom. The largest absolute Gasteiger partial charge is 0.318 e. The maximum Gasteiger partial charge on any atom is 0.248 e. The average molecular weight is 344 g/mol. The molecule has 3 rings (SSSR count). The summed E-state index contributed by atoms with van der Waals surface area (Å²) >= 11 is 1.68. The maximum atomic E-state index is 13.0. The van der Waals surface area contributed by atoms with E-state index in [-0.39, 0.29) is 5.91 Å². The fourth-order valence-corrected chi connectivity index (χ4v) is 3.81. The number of aryl methyl sites for hydroxylation is 1. The topological polar surface area (TPSA) is 50.5 Å². The van der Waals surface area contributed by atoms with Crippen LogP contribution in [0.15, 0.2) is 29.3 Å². The number of thioether (sulfide) groups is 1. The molecule has 0 unspecified atom stereocenters. The van der Waals surface area contributed by atoms with Gasteiger partial charge in [0, 0.05) is 18.7 Å². The number of amidine groups is 1. The first-order chi connectivity index (χ1) is 11.6. The molecule has 24 heavy (non-hydrogen) atoms. The second-order valence-corrected chi connectivity index (χ2v) is 7.43. The minimum absolute atomic E-state index is 0.0923. The molecular weight excluding hydrogens is 320 g/mol. The lowest BCUT2D eigenvalue weighted by Gasteiger charge is -2.24. The van der Waals surface area contributed by atoms with Gasteiger partial charge in [-0.25, -0.2) is 4.98 Å². The fourth-order valence-electron chi connectivity index (χ4n) is 2.93. The van der Waals surface area contributed by atoms with Gasteiger partial charge in [-0.2, -0.15) is 0 Å². The second kappa shape index (κ2) is 7.38. The zero-order valence-electron chi connectivity index (χ0n) is 14.5. The van der Waals surface area contributed by atoms with Crippen molar-refractivity contribution < 1.29 is 4.79 Å². The molecule has 0 N–H and O–H groups in total. The number of amides is 1. The number of carbonyl (C=O) groups is 1. The molecular formula is C18H24N4OS. The van der Waals surface area contributed by atoms with Crippen molar-refractivity contribution in [3.8, 4) is 0 Å². The molecule has 2 heterocycles. The smallest absolute Gasteiger partial charge is 0.248 e. The molecule has 1 aliphatic heterocycles. The van der Waals surface area contributed by atoms with Crippen molar-refractivity contribution >= 4 is 33.9 Å². The summed E-state index contributed by atoms with van der Waals surface area (Å²) in [5.41, 5.74) is 1.97. The van der Waals surface area contributed by atoms with Gasteiger partial charge in [0.2, 0.25) is 5.91 Å². The first kappa shape index (κ1) is 17.0. The number of para-hydroxylation sites is 2. The van der Waals surface area contributed by atoms with Gasteiger partial charge in [-0.05, 0) is 18.1 Å². The van der Waals surface area contributed by atoms with Crippen LogP contribution in [-0.2, 0) is 17.8 Å². The Morgan fingerprint density at radius 3 is 2.83 bits per heavy atom. The highest BCUT2D eigenvalue weighted by Gasteiger charge is 2.24. The summed E-state index contributed by atoms with van der Waals surface area (Å²) in [5, 5.41) is 0.871. The zero-order chi connectivity index (χ0) is 17.1. The summed E-state index contributed by atoms with van der Waals surface area (Å²) in [6.07, 6.45) is 0.807. The number of hydrogen-bond donors (Lipinski definition) is 0. The lowest BCUT2D eigenvalue weighted by Crippen LogP contribution is -2.39. The van der Waals surface area contributed by atoms with Crippen LogP contribution in [-0.4, -0.2) is 44.4 Å². The van der Waals surface area contributed by atoms with Crippen LogP contribution in [0.25, 0.3) is 11.0 Å².